The molecule has 1 aliphatic carbocycles. The molecule has 0 aliphatic heterocycles. The van der Waals surface area contributed by atoms with E-state index in [1.54, 1.807) is 0 Å². The third-order valence-corrected chi connectivity index (χ3v) is 3.84. The molecule has 0 spiro atoms. The summed E-state index contributed by atoms with van der Waals surface area (Å²) in [4.78, 5) is 11.1. The van der Waals surface area contributed by atoms with E-state index < -0.39 is 0 Å². The Morgan fingerprint density at radius 2 is 2.17 bits per heavy atom. The van der Waals surface area contributed by atoms with Gasteiger partial charge in [-0.25, -0.2) is 0 Å². The van der Waals surface area contributed by atoms with Gasteiger partial charge >= 0.3 is 0 Å². The minimum Gasteiger partial charge on any atom is -0.369 e. The molecular weight excluding hydrogens is 228 g/mol. The standard InChI is InChI=1S/C13H22N4O/c1-9(11-7-15-17(2)8-11)16-12-5-3-10(4-6-12)13(14)18/h7-10,12,16H,3-6H2,1-2H3,(H2,14,18). The van der Waals surface area contributed by atoms with E-state index in [0.717, 1.165) is 25.7 Å². The van der Waals surface area contributed by atoms with Crippen LogP contribution < -0.4 is 11.1 Å². The lowest BCUT2D eigenvalue weighted by atomic mass is 9.85. The zero-order valence-corrected chi connectivity index (χ0v) is 11.1. The number of nitrogens with two attached hydrogens (primary N) is 1. The summed E-state index contributed by atoms with van der Waals surface area (Å²) in [5.74, 6) is -0.0643. The third kappa shape index (κ3) is 3.10. The number of primary amides is 1. The Labute approximate surface area is 108 Å². The van der Waals surface area contributed by atoms with Crippen molar-refractivity contribution in [3.63, 3.8) is 0 Å². The first-order valence-corrected chi connectivity index (χ1v) is 6.60. The molecule has 1 aliphatic rings. The minimum atomic E-state index is -0.145. The van der Waals surface area contributed by atoms with Crippen LogP contribution in [0.3, 0.4) is 0 Å². The number of nitrogens with zero attached hydrogens (tertiary/aromatic N) is 2. The molecule has 0 saturated heterocycles. The molecular formula is C13H22N4O. The fraction of sp³-hybridized carbons (Fsp3) is 0.692. The van der Waals surface area contributed by atoms with E-state index in [4.69, 9.17) is 5.73 Å². The van der Waals surface area contributed by atoms with Crippen molar-refractivity contribution in [1.29, 1.82) is 0 Å². The molecule has 5 heteroatoms. The molecule has 1 aromatic rings. The van der Waals surface area contributed by atoms with Gasteiger partial charge in [0.1, 0.15) is 0 Å². The minimum absolute atomic E-state index is 0.0803. The molecule has 5 nitrogen and oxygen atoms in total. The Hall–Kier alpha value is -1.36. The number of hydrogen-bond donors (Lipinski definition) is 2. The maximum atomic E-state index is 11.1. The molecule has 1 saturated carbocycles. The second kappa shape index (κ2) is 5.52. The number of amides is 1. The predicted octanol–water partition coefficient (Wildman–Crippen LogP) is 1.11. The van der Waals surface area contributed by atoms with Crippen LogP contribution in [0.2, 0.25) is 0 Å². The average molecular weight is 250 g/mol. The molecule has 1 fully saturated rings. The van der Waals surface area contributed by atoms with E-state index in [-0.39, 0.29) is 11.8 Å². The van der Waals surface area contributed by atoms with Crippen molar-refractivity contribution >= 4 is 5.91 Å². The van der Waals surface area contributed by atoms with Gasteiger partial charge in [-0.1, -0.05) is 0 Å². The number of aryl methyl sites for hydroxylation is 1. The molecule has 0 aromatic carbocycles. The maximum Gasteiger partial charge on any atom is 0.220 e. The zero-order valence-electron chi connectivity index (χ0n) is 11.1. The van der Waals surface area contributed by atoms with Crippen molar-refractivity contribution in [3.8, 4) is 0 Å². The van der Waals surface area contributed by atoms with Crippen LogP contribution in [0.15, 0.2) is 12.4 Å². The van der Waals surface area contributed by atoms with Crippen molar-refractivity contribution in [2.24, 2.45) is 18.7 Å². The summed E-state index contributed by atoms with van der Waals surface area (Å²) in [5.41, 5.74) is 6.54. The van der Waals surface area contributed by atoms with Gasteiger partial charge in [0.15, 0.2) is 0 Å². The van der Waals surface area contributed by atoms with Gasteiger partial charge < -0.3 is 11.1 Å². The van der Waals surface area contributed by atoms with Gasteiger partial charge in [-0.15, -0.1) is 0 Å². The van der Waals surface area contributed by atoms with E-state index in [2.05, 4.69) is 17.3 Å². The highest BCUT2D eigenvalue weighted by atomic mass is 16.1. The maximum absolute atomic E-state index is 11.1. The lowest BCUT2D eigenvalue weighted by Gasteiger charge is -2.29. The number of hydrogen-bond acceptors (Lipinski definition) is 3. The van der Waals surface area contributed by atoms with Crippen LogP contribution in [-0.2, 0) is 11.8 Å². The molecule has 100 valence electrons. The van der Waals surface area contributed by atoms with Crippen LogP contribution in [0.1, 0.15) is 44.2 Å². The second-order valence-corrected chi connectivity index (χ2v) is 5.29. The highest BCUT2D eigenvalue weighted by Gasteiger charge is 2.25. The Kier molecular flexibility index (Phi) is 4.01. The largest absolute Gasteiger partial charge is 0.369 e. The van der Waals surface area contributed by atoms with Gasteiger partial charge in [0, 0.05) is 36.8 Å². The molecule has 1 unspecified atom stereocenters. The van der Waals surface area contributed by atoms with Gasteiger partial charge in [0.2, 0.25) is 5.91 Å². The Morgan fingerprint density at radius 3 is 2.67 bits per heavy atom. The smallest absolute Gasteiger partial charge is 0.220 e. The van der Waals surface area contributed by atoms with Crippen molar-refractivity contribution in [2.45, 2.75) is 44.7 Å². The lowest BCUT2D eigenvalue weighted by Crippen LogP contribution is -2.37. The molecule has 1 amide bonds. The molecule has 0 radical (unpaired) electrons. The highest BCUT2D eigenvalue weighted by molar-refractivity contribution is 5.76. The van der Waals surface area contributed by atoms with Gasteiger partial charge in [-0.05, 0) is 32.6 Å². The van der Waals surface area contributed by atoms with Crippen LogP contribution in [0, 0.1) is 5.92 Å². The van der Waals surface area contributed by atoms with E-state index in [1.165, 1.54) is 5.56 Å². The number of carbonyl (C=O) groups excluding carboxylic acids is 1. The van der Waals surface area contributed by atoms with E-state index >= 15 is 0 Å². The van der Waals surface area contributed by atoms with Crippen molar-refractivity contribution < 1.29 is 4.79 Å². The van der Waals surface area contributed by atoms with Gasteiger partial charge in [0.05, 0.1) is 6.20 Å². The molecule has 3 N–H and O–H groups in total. The first-order chi connectivity index (χ1) is 8.56. The molecule has 2 rings (SSSR count). The summed E-state index contributed by atoms with van der Waals surface area (Å²) in [5, 5.41) is 7.78. The summed E-state index contributed by atoms with van der Waals surface area (Å²) in [6, 6.07) is 0.782. The van der Waals surface area contributed by atoms with Gasteiger partial charge in [-0.2, -0.15) is 5.10 Å². The molecule has 18 heavy (non-hydrogen) atoms. The van der Waals surface area contributed by atoms with Gasteiger partial charge in [-0.3, -0.25) is 9.48 Å². The average Bonchev–Trinajstić information content (AvgIpc) is 2.76. The number of nitrogens with one attached hydrogen (secondary N) is 1. The number of aromatic nitrogens is 2. The zero-order chi connectivity index (χ0) is 13.1. The summed E-state index contributed by atoms with van der Waals surface area (Å²) >= 11 is 0. The molecule has 1 aromatic heterocycles. The fourth-order valence-corrected chi connectivity index (χ4v) is 2.66. The van der Waals surface area contributed by atoms with Crippen LogP contribution >= 0.6 is 0 Å². The highest BCUT2D eigenvalue weighted by Crippen LogP contribution is 2.25. The van der Waals surface area contributed by atoms with Gasteiger partial charge in [0.25, 0.3) is 0 Å². The quantitative estimate of drug-likeness (QED) is 0.841. The van der Waals surface area contributed by atoms with Crippen LogP contribution in [0.4, 0.5) is 0 Å². The fourth-order valence-electron chi connectivity index (χ4n) is 2.66. The van der Waals surface area contributed by atoms with E-state index in [0.29, 0.717) is 12.1 Å². The number of carbonyl (C=O) groups is 1. The van der Waals surface area contributed by atoms with E-state index in [9.17, 15) is 4.79 Å². The lowest BCUT2D eigenvalue weighted by molar-refractivity contribution is -0.122. The van der Waals surface area contributed by atoms with Crippen molar-refractivity contribution in [2.75, 3.05) is 0 Å². The Balaban J connectivity index is 1.83. The third-order valence-electron chi connectivity index (χ3n) is 3.84. The van der Waals surface area contributed by atoms with Crippen LogP contribution in [0.5, 0.6) is 0 Å². The first-order valence-electron chi connectivity index (χ1n) is 6.60. The predicted molar refractivity (Wildman–Crippen MR) is 69.7 cm³/mol. The van der Waals surface area contributed by atoms with Crippen molar-refractivity contribution in [3.05, 3.63) is 18.0 Å². The summed E-state index contributed by atoms with van der Waals surface area (Å²) in [6.45, 7) is 2.15. The normalized spacial score (nSPS) is 25.9. The Morgan fingerprint density at radius 1 is 1.50 bits per heavy atom. The van der Waals surface area contributed by atoms with Crippen LogP contribution in [0.25, 0.3) is 0 Å². The molecule has 0 bridgehead atoms. The summed E-state index contributed by atoms with van der Waals surface area (Å²) in [7, 11) is 1.92. The second-order valence-electron chi connectivity index (χ2n) is 5.29. The monoisotopic (exact) mass is 250 g/mol. The van der Waals surface area contributed by atoms with E-state index in [1.807, 2.05) is 24.1 Å². The topological polar surface area (TPSA) is 72.9 Å². The summed E-state index contributed by atoms with van der Waals surface area (Å²) < 4.78 is 1.82. The molecule has 1 heterocycles. The first kappa shape index (κ1) is 13.1. The van der Waals surface area contributed by atoms with Crippen LogP contribution in [-0.4, -0.2) is 21.7 Å². The van der Waals surface area contributed by atoms with Crippen molar-refractivity contribution in [1.82, 2.24) is 15.1 Å². The molecule has 1 atom stereocenters. The SMILES string of the molecule is CC(NC1CCC(C(N)=O)CC1)c1cnn(C)c1. The summed E-state index contributed by atoms with van der Waals surface area (Å²) in [6.07, 6.45) is 7.80. The number of rotatable bonds is 4. The Bertz CT molecular complexity index is 407.